The molecule has 0 aliphatic carbocycles. The first kappa shape index (κ1) is 20.6. The first-order chi connectivity index (χ1) is 13.5. The zero-order valence-electron chi connectivity index (χ0n) is 15.1. The van der Waals surface area contributed by atoms with Crippen molar-refractivity contribution in [1.82, 2.24) is 9.55 Å². The van der Waals surface area contributed by atoms with E-state index < -0.39 is 11.8 Å². The van der Waals surface area contributed by atoms with E-state index in [1.165, 1.54) is 12.1 Å². The Labute approximate surface area is 179 Å². The Balaban J connectivity index is 1.98. The number of benzene rings is 2. The van der Waals surface area contributed by atoms with E-state index in [1.807, 2.05) is 4.90 Å². The summed E-state index contributed by atoms with van der Waals surface area (Å²) >= 11 is 18.6. The number of halogens is 6. The van der Waals surface area contributed by atoms with E-state index in [1.54, 1.807) is 22.8 Å². The molecule has 1 N–H and O–H groups in total. The molecule has 0 spiro atoms. The van der Waals surface area contributed by atoms with Crippen molar-refractivity contribution in [3.05, 3.63) is 51.0 Å². The van der Waals surface area contributed by atoms with E-state index in [0.717, 1.165) is 6.92 Å². The van der Waals surface area contributed by atoms with E-state index in [0.29, 0.717) is 41.2 Å². The van der Waals surface area contributed by atoms with Gasteiger partial charge in [0.25, 0.3) is 0 Å². The maximum atomic E-state index is 13.6. The van der Waals surface area contributed by atoms with Crippen molar-refractivity contribution < 1.29 is 18.3 Å². The quantitative estimate of drug-likeness (QED) is 0.483. The van der Waals surface area contributed by atoms with Crippen LogP contribution in [0.15, 0.2) is 30.3 Å². The van der Waals surface area contributed by atoms with Crippen LogP contribution in [0.25, 0.3) is 11.0 Å². The molecule has 0 saturated heterocycles. The van der Waals surface area contributed by atoms with E-state index >= 15 is 0 Å². The van der Waals surface area contributed by atoms with Crippen LogP contribution < -0.4 is 4.90 Å². The van der Waals surface area contributed by atoms with Crippen LogP contribution in [0.4, 0.5) is 24.8 Å². The molecular formula is C19H15Cl3F3N3O. The first-order valence-electron chi connectivity index (χ1n) is 8.73. The van der Waals surface area contributed by atoms with Gasteiger partial charge < -0.3 is 14.6 Å². The molecule has 0 saturated carbocycles. The van der Waals surface area contributed by atoms with Crippen LogP contribution in [0.1, 0.15) is 18.9 Å². The van der Waals surface area contributed by atoms with Crippen molar-refractivity contribution >= 4 is 57.5 Å². The summed E-state index contributed by atoms with van der Waals surface area (Å²) in [5.41, 5.74) is -2.38. The van der Waals surface area contributed by atoms with Crippen LogP contribution in [0.5, 0.6) is 0 Å². The van der Waals surface area contributed by atoms with Crippen LogP contribution in [0, 0.1) is 0 Å². The van der Waals surface area contributed by atoms with Crippen molar-refractivity contribution in [1.29, 1.82) is 0 Å². The average molecular weight is 465 g/mol. The number of aryl methyl sites for hydroxylation is 1. The molecule has 2 aromatic carbocycles. The highest BCUT2D eigenvalue weighted by molar-refractivity contribution is 6.36. The number of rotatable bonds is 2. The van der Waals surface area contributed by atoms with Gasteiger partial charge in [0, 0.05) is 23.7 Å². The molecule has 0 bridgehead atoms. The predicted octanol–water partition coefficient (Wildman–Crippen LogP) is 6.31. The van der Waals surface area contributed by atoms with E-state index in [4.69, 9.17) is 34.8 Å². The summed E-state index contributed by atoms with van der Waals surface area (Å²) in [7, 11) is 0. The molecule has 3 aromatic rings. The number of imidazole rings is 1. The minimum absolute atomic E-state index is 0.157. The summed E-state index contributed by atoms with van der Waals surface area (Å²) in [6, 6.07) is 7.51. The monoisotopic (exact) mass is 463 g/mol. The lowest BCUT2D eigenvalue weighted by molar-refractivity contribution is -0.258. The fourth-order valence-electron chi connectivity index (χ4n) is 3.57. The van der Waals surface area contributed by atoms with Crippen LogP contribution in [-0.4, -0.2) is 27.4 Å². The summed E-state index contributed by atoms with van der Waals surface area (Å²) in [5.74, 6) is 0.405. The summed E-state index contributed by atoms with van der Waals surface area (Å²) < 4.78 is 42.3. The first-order valence-corrected chi connectivity index (χ1v) is 9.86. The van der Waals surface area contributed by atoms with E-state index in [9.17, 15) is 18.3 Å². The third-order valence-corrected chi connectivity index (χ3v) is 5.95. The molecule has 0 amide bonds. The van der Waals surface area contributed by atoms with E-state index in [-0.39, 0.29) is 21.6 Å². The number of hydrogen-bond donors (Lipinski definition) is 1. The van der Waals surface area contributed by atoms with Gasteiger partial charge in [0.15, 0.2) is 5.60 Å². The predicted molar refractivity (Wildman–Crippen MR) is 108 cm³/mol. The maximum Gasteiger partial charge on any atom is 0.421 e. The second kappa shape index (κ2) is 6.94. The Hall–Kier alpha value is -1.67. The lowest BCUT2D eigenvalue weighted by atomic mass is 9.94. The zero-order valence-corrected chi connectivity index (χ0v) is 17.3. The van der Waals surface area contributed by atoms with Gasteiger partial charge in [-0.2, -0.15) is 13.2 Å². The number of anilines is 2. The summed E-state index contributed by atoms with van der Waals surface area (Å²) in [6.45, 7) is 1.72. The Bertz CT molecular complexity index is 1110. The minimum Gasteiger partial charge on any atom is -0.376 e. The lowest BCUT2D eigenvalue weighted by Crippen LogP contribution is -2.39. The van der Waals surface area contributed by atoms with Crippen molar-refractivity contribution in [3.63, 3.8) is 0 Å². The second-order valence-corrected chi connectivity index (χ2v) is 8.28. The van der Waals surface area contributed by atoms with Gasteiger partial charge in [0.2, 0.25) is 5.95 Å². The fraction of sp³-hybridized carbons (Fsp3) is 0.316. The Morgan fingerprint density at radius 1 is 1.03 bits per heavy atom. The van der Waals surface area contributed by atoms with Gasteiger partial charge in [-0.15, -0.1) is 0 Å². The number of alkyl halides is 3. The van der Waals surface area contributed by atoms with Crippen molar-refractivity contribution in [3.8, 4) is 0 Å². The summed E-state index contributed by atoms with van der Waals surface area (Å²) in [5, 5.41) is 11.4. The second-order valence-electron chi connectivity index (χ2n) is 7.03. The van der Waals surface area contributed by atoms with Gasteiger partial charge in [-0.1, -0.05) is 40.9 Å². The Morgan fingerprint density at radius 3 is 2.41 bits per heavy atom. The molecule has 4 rings (SSSR count). The van der Waals surface area contributed by atoms with Gasteiger partial charge in [-0.3, -0.25) is 0 Å². The molecule has 1 unspecified atom stereocenters. The summed E-state index contributed by atoms with van der Waals surface area (Å²) in [6.07, 6.45) is -4.23. The third-order valence-electron chi connectivity index (χ3n) is 5.11. The molecule has 1 aliphatic heterocycles. The highest BCUT2D eigenvalue weighted by Gasteiger charge is 2.52. The topological polar surface area (TPSA) is 41.3 Å². The lowest BCUT2D eigenvalue weighted by Gasteiger charge is -2.31. The Kier molecular flexibility index (Phi) is 4.93. The molecule has 154 valence electrons. The van der Waals surface area contributed by atoms with Crippen molar-refractivity contribution in [2.75, 3.05) is 11.4 Å². The van der Waals surface area contributed by atoms with Gasteiger partial charge in [-0.25, -0.2) is 4.98 Å². The zero-order chi connectivity index (χ0) is 21.1. The van der Waals surface area contributed by atoms with Gasteiger partial charge >= 0.3 is 6.18 Å². The van der Waals surface area contributed by atoms with Crippen molar-refractivity contribution in [2.24, 2.45) is 0 Å². The highest BCUT2D eigenvalue weighted by atomic mass is 35.5. The molecule has 1 atom stereocenters. The standard InChI is InChI=1S/C19H15Cl3F3N3O/c1-18(29,19(23,24)25)11-4-5-12(21)15-16(11)28-8-2-7-27(17(28)26-15)14-6-3-10(20)9-13(14)22/h3-6,9,29H,2,7-8H2,1H3. The fourth-order valence-corrected chi connectivity index (χ4v) is 4.28. The maximum absolute atomic E-state index is 13.6. The normalized spacial score (nSPS) is 16.8. The smallest absolute Gasteiger partial charge is 0.376 e. The Morgan fingerprint density at radius 2 is 1.76 bits per heavy atom. The van der Waals surface area contributed by atoms with Crippen LogP contribution >= 0.6 is 34.8 Å². The number of aromatic nitrogens is 2. The summed E-state index contributed by atoms with van der Waals surface area (Å²) in [4.78, 5) is 6.33. The minimum atomic E-state index is -4.87. The largest absolute Gasteiger partial charge is 0.421 e. The molecule has 0 radical (unpaired) electrons. The number of aliphatic hydroxyl groups is 1. The SMILES string of the molecule is CC(O)(c1ccc(Cl)c2nc3n(c12)CCCN3c1ccc(Cl)cc1Cl)C(F)(F)F. The van der Waals surface area contributed by atoms with Gasteiger partial charge in [0.05, 0.1) is 21.2 Å². The van der Waals surface area contributed by atoms with Crippen LogP contribution in [0.2, 0.25) is 15.1 Å². The third kappa shape index (κ3) is 3.24. The van der Waals surface area contributed by atoms with Gasteiger partial charge in [0.1, 0.15) is 5.52 Å². The number of nitrogens with zero attached hydrogens (tertiary/aromatic N) is 3. The van der Waals surface area contributed by atoms with E-state index in [2.05, 4.69) is 4.98 Å². The molecule has 4 nitrogen and oxygen atoms in total. The van der Waals surface area contributed by atoms with Crippen LogP contribution in [-0.2, 0) is 12.1 Å². The molecule has 2 heterocycles. The molecular weight excluding hydrogens is 450 g/mol. The molecule has 1 aliphatic rings. The molecule has 29 heavy (non-hydrogen) atoms. The molecule has 10 heteroatoms. The van der Waals surface area contributed by atoms with Gasteiger partial charge in [-0.05, 0) is 37.6 Å². The van der Waals surface area contributed by atoms with Crippen molar-refractivity contribution in [2.45, 2.75) is 31.7 Å². The number of fused-ring (bicyclic) bond motifs is 3. The molecule has 1 aromatic heterocycles. The number of hydrogen-bond acceptors (Lipinski definition) is 3. The highest BCUT2D eigenvalue weighted by Crippen LogP contribution is 2.45. The molecule has 0 fully saturated rings. The van der Waals surface area contributed by atoms with Crippen LogP contribution in [0.3, 0.4) is 0 Å². The average Bonchev–Trinajstić information content (AvgIpc) is 3.02.